The molecule has 7 heteroatoms. The summed E-state index contributed by atoms with van der Waals surface area (Å²) in [5.41, 5.74) is 6.92. The van der Waals surface area contributed by atoms with Crippen molar-refractivity contribution in [1.82, 2.24) is 9.97 Å². The van der Waals surface area contributed by atoms with E-state index in [4.69, 9.17) is 5.73 Å². The van der Waals surface area contributed by atoms with Crippen molar-refractivity contribution in [3.63, 3.8) is 0 Å². The molecule has 3 rings (SSSR count). The maximum atomic E-state index is 14.2. The number of carbonyl (C=O) groups is 1. The second-order valence-electron chi connectivity index (χ2n) is 6.39. The molecular weight excluding hydrogens is 333 g/mol. The zero-order valence-electron chi connectivity index (χ0n) is 14.6. The van der Waals surface area contributed by atoms with Crippen LogP contribution in [0, 0.1) is 11.7 Å². The van der Waals surface area contributed by atoms with Gasteiger partial charge >= 0.3 is 0 Å². The number of carbonyl (C=O) groups excluding carboxylic acids is 1. The number of amides is 1. The molecule has 3 aromatic rings. The van der Waals surface area contributed by atoms with Crippen molar-refractivity contribution in [2.45, 2.75) is 13.8 Å². The monoisotopic (exact) mass is 353 g/mol. The second kappa shape index (κ2) is 7.35. The van der Waals surface area contributed by atoms with Crippen LogP contribution < -0.4 is 16.4 Å². The standard InChI is InChI=1S/C19H20FN5O/c1-11(2)10-23-19-15(20)9-14(17(21)26)18(25-19)24-13-5-6-16-12(8-13)4-3-7-22-16/h3-9,11H,10H2,1-2H3,(H2,21,26)(H2,23,24,25). The highest BCUT2D eigenvalue weighted by Crippen LogP contribution is 2.25. The van der Waals surface area contributed by atoms with Crippen LogP contribution in [-0.4, -0.2) is 22.4 Å². The number of anilines is 3. The Hall–Kier alpha value is -3.22. The van der Waals surface area contributed by atoms with Crippen molar-refractivity contribution in [1.29, 1.82) is 0 Å². The van der Waals surface area contributed by atoms with Crippen molar-refractivity contribution < 1.29 is 9.18 Å². The molecule has 0 aliphatic carbocycles. The van der Waals surface area contributed by atoms with E-state index in [0.29, 0.717) is 18.2 Å². The van der Waals surface area contributed by atoms with Crippen LogP contribution in [0.2, 0.25) is 0 Å². The Bertz CT molecular complexity index is 958. The fourth-order valence-electron chi connectivity index (χ4n) is 2.49. The van der Waals surface area contributed by atoms with Crippen LogP contribution in [0.15, 0.2) is 42.6 Å². The van der Waals surface area contributed by atoms with E-state index < -0.39 is 11.7 Å². The first-order valence-electron chi connectivity index (χ1n) is 8.30. The summed E-state index contributed by atoms with van der Waals surface area (Å²) in [5.74, 6) is -0.775. The number of benzene rings is 1. The zero-order valence-corrected chi connectivity index (χ0v) is 14.6. The van der Waals surface area contributed by atoms with E-state index >= 15 is 0 Å². The molecule has 0 radical (unpaired) electrons. The summed E-state index contributed by atoms with van der Waals surface area (Å²) in [6.07, 6.45) is 1.72. The van der Waals surface area contributed by atoms with E-state index in [1.54, 1.807) is 6.20 Å². The molecule has 134 valence electrons. The molecule has 0 atom stereocenters. The topological polar surface area (TPSA) is 92.9 Å². The quantitative estimate of drug-likeness (QED) is 0.629. The van der Waals surface area contributed by atoms with E-state index in [0.717, 1.165) is 17.0 Å². The number of fused-ring (bicyclic) bond motifs is 1. The molecule has 0 bridgehead atoms. The molecule has 4 N–H and O–H groups in total. The summed E-state index contributed by atoms with van der Waals surface area (Å²) in [4.78, 5) is 20.2. The van der Waals surface area contributed by atoms with Gasteiger partial charge in [-0.25, -0.2) is 9.37 Å². The molecule has 0 fully saturated rings. The number of pyridine rings is 2. The number of rotatable bonds is 6. The first kappa shape index (κ1) is 17.6. The van der Waals surface area contributed by atoms with Gasteiger partial charge in [-0.15, -0.1) is 0 Å². The lowest BCUT2D eigenvalue weighted by Crippen LogP contribution is -2.17. The van der Waals surface area contributed by atoms with Gasteiger partial charge in [0.2, 0.25) is 0 Å². The van der Waals surface area contributed by atoms with Crippen LogP contribution in [0.3, 0.4) is 0 Å². The highest BCUT2D eigenvalue weighted by atomic mass is 19.1. The van der Waals surface area contributed by atoms with E-state index in [1.807, 2.05) is 44.2 Å². The van der Waals surface area contributed by atoms with Crippen molar-refractivity contribution in [2.24, 2.45) is 11.7 Å². The van der Waals surface area contributed by atoms with E-state index in [-0.39, 0.29) is 17.2 Å². The van der Waals surface area contributed by atoms with Gasteiger partial charge in [0.25, 0.3) is 5.91 Å². The van der Waals surface area contributed by atoms with E-state index in [2.05, 4.69) is 20.6 Å². The Morgan fingerprint density at radius 2 is 2.04 bits per heavy atom. The van der Waals surface area contributed by atoms with Crippen LogP contribution in [0.5, 0.6) is 0 Å². The maximum absolute atomic E-state index is 14.2. The lowest BCUT2D eigenvalue weighted by atomic mass is 10.2. The third-order valence-electron chi connectivity index (χ3n) is 3.78. The number of primary amides is 1. The third kappa shape index (κ3) is 3.88. The maximum Gasteiger partial charge on any atom is 0.252 e. The van der Waals surface area contributed by atoms with Gasteiger partial charge in [0.05, 0.1) is 11.1 Å². The Morgan fingerprint density at radius 1 is 1.23 bits per heavy atom. The Kier molecular flexibility index (Phi) is 4.97. The molecule has 0 spiro atoms. The average molecular weight is 353 g/mol. The molecule has 0 aliphatic rings. The van der Waals surface area contributed by atoms with Crippen LogP contribution in [0.1, 0.15) is 24.2 Å². The number of aromatic nitrogens is 2. The summed E-state index contributed by atoms with van der Waals surface area (Å²) in [6, 6.07) is 10.4. The second-order valence-corrected chi connectivity index (χ2v) is 6.39. The number of halogens is 1. The minimum absolute atomic E-state index is 0.0103. The van der Waals surface area contributed by atoms with E-state index in [1.165, 1.54) is 0 Å². The van der Waals surface area contributed by atoms with Gasteiger partial charge in [0, 0.05) is 23.8 Å². The predicted octanol–water partition coefficient (Wildman–Crippen LogP) is 3.68. The Labute approximate surface area is 150 Å². The Balaban J connectivity index is 1.97. The van der Waals surface area contributed by atoms with E-state index in [9.17, 15) is 9.18 Å². The van der Waals surface area contributed by atoms with Gasteiger partial charge in [-0.1, -0.05) is 19.9 Å². The lowest BCUT2D eigenvalue weighted by molar-refractivity contribution is 0.100. The van der Waals surface area contributed by atoms with Gasteiger partial charge in [0.1, 0.15) is 5.82 Å². The van der Waals surface area contributed by atoms with Crippen LogP contribution in [0.25, 0.3) is 10.9 Å². The number of hydrogen-bond acceptors (Lipinski definition) is 5. The van der Waals surface area contributed by atoms with Gasteiger partial charge in [0.15, 0.2) is 11.6 Å². The largest absolute Gasteiger partial charge is 0.367 e. The molecule has 2 heterocycles. The minimum Gasteiger partial charge on any atom is -0.367 e. The summed E-state index contributed by atoms with van der Waals surface area (Å²) in [7, 11) is 0. The van der Waals surface area contributed by atoms with Gasteiger partial charge in [-0.3, -0.25) is 9.78 Å². The first-order valence-corrected chi connectivity index (χ1v) is 8.30. The molecule has 2 aromatic heterocycles. The number of nitrogens with zero attached hydrogens (tertiary/aromatic N) is 2. The molecule has 0 saturated heterocycles. The SMILES string of the molecule is CC(C)CNc1nc(Nc2ccc3ncccc3c2)c(C(N)=O)cc1F. The fraction of sp³-hybridized carbons (Fsp3) is 0.211. The summed E-state index contributed by atoms with van der Waals surface area (Å²) in [5, 5.41) is 6.93. The smallest absolute Gasteiger partial charge is 0.252 e. The highest BCUT2D eigenvalue weighted by Gasteiger charge is 2.16. The van der Waals surface area contributed by atoms with Gasteiger partial charge in [-0.2, -0.15) is 0 Å². The molecule has 6 nitrogen and oxygen atoms in total. The molecule has 1 amide bonds. The van der Waals surface area contributed by atoms with Gasteiger partial charge in [-0.05, 0) is 36.2 Å². The molecule has 0 unspecified atom stereocenters. The average Bonchev–Trinajstić information content (AvgIpc) is 2.61. The highest BCUT2D eigenvalue weighted by molar-refractivity contribution is 5.99. The minimum atomic E-state index is -0.753. The lowest BCUT2D eigenvalue weighted by Gasteiger charge is -2.14. The molecule has 26 heavy (non-hydrogen) atoms. The van der Waals surface area contributed by atoms with Crippen molar-refractivity contribution in [3.05, 3.63) is 54.0 Å². The number of nitrogens with one attached hydrogen (secondary N) is 2. The Morgan fingerprint density at radius 3 is 2.77 bits per heavy atom. The number of nitrogens with two attached hydrogens (primary N) is 1. The van der Waals surface area contributed by atoms with Crippen molar-refractivity contribution in [2.75, 3.05) is 17.2 Å². The third-order valence-corrected chi connectivity index (χ3v) is 3.78. The first-order chi connectivity index (χ1) is 12.4. The van der Waals surface area contributed by atoms with Crippen LogP contribution >= 0.6 is 0 Å². The molecule has 1 aromatic carbocycles. The molecule has 0 saturated carbocycles. The van der Waals surface area contributed by atoms with Crippen molar-refractivity contribution >= 4 is 34.1 Å². The van der Waals surface area contributed by atoms with Crippen LogP contribution in [-0.2, 0) is 0 Å². The zero-order chi connectivity index (χ0) is 18.7. The number of hydrogen-bond donors (Lipinski definition) is 3. The van der Waals surface area contributed by atoms with Crippen molar-refractivity contribution in [3.8, 4) is 0 Å². The van der Waals surface area contributed by atoms with Gasteiger partial charge < -0.3 is 16.4 Å². The molecule has 0 aliphatic heterocycles. The summed E-state index contributed by atoms with van der Waals surface area (Å²) in [6.45, 7) is 4.57. The predicted molar refractivity (Wildman–Crippen MR) is 101 cm³/mol. The normalized spacial score (nSPS) is 10.9. The van der Waals surface area contributed by atoms with Crippen LogP contribution in [0.4, 0.5) is 21.7 Å². The summed E-state index contributed by atoms with van der Waals surface area (Å²) >= 11 is 0. The molecular formula is C19H20FN5O. The summed E-state index contributed by atoms with van der Waals surface area (Å²) < 4.78 is 14.2. The fourth-order valence-corrected chi connectivity index (χ4v) is 2.49.